The first kappa shape index (κ1) is 20.8. The Kier molecular flexibility index (Phi) is 6.06. The van der Waals surface area contributed by atoms with Crippen LogP contribution in [0.5, 0.6) is 5.88 Å². The van der Waals surface area contributed by atoms with Crippen molar-refractivity contribution < 1.29 is 14.6 Å². The van der Waals surface area contributed by atoms with E-state index in [-0.39, 0.29) is 12.3 Å². The molecule has 1 aromatic heterocycles. The Labute approximate surface area is 184 Å². The van der Waals surface area contributed by atoms with Gasteiger partial charge in [0.25, 0.3) is 0 Å². The van der Waals surface area contributed by atoms with E-state index in [1.807, 2.05) is 30.3 Å². The Morgan fingerprint density at radius 1 is 1.10 bits per heavy atom. The van der Waals surface area contributed by atoms with Crippen LogP contribution in [-0.4, -0.2) is 34.6 Å². The summed E-state index contributed by atoms with van der Waals surface area (Å²) in [5.41, 5.74) is 0.609. The lowest BCUT2D eigenvalue weighted by molar-refractivity contribution is 0.0414. The predicted molar refractivity (Wildman–Crippen MR) is 116 cm³/mol. The highest BCUT2D eigenvalue weighted by Gasteiger charge is 2.39. The van der Waals surface area contributed by atoms with Gasteiger partial charge >= 0.3 is 0 Å². The van der Waals surface area contributed by atoms with Crippen molar-refractivity contribution in [1.82, 2.24) is 10.3 Å². The van der Waals surface area contributed by atoms with Gasteiger partial charge in [0.2, 0.25) is 5.88 Å². The number of ether oxygens (including phenoxy) is 1. The maximum absolute atomic E-state index is 12.6. The van der Waals surface area contributed by atoms with Gasteiger partial charge in [-0.05, 0) is 42.8 Å². The van der Waals surface area contributed by atoms with Crippen LogP contribution in [0.25, 0.3) is 0 Å². The number of pyridine rings is 1. The second-order valence-corrected chi connectivity index (χ2v) is 8.09. The van der Waals surface area contributed by atoms with E-state index in [0.29, 0.717) is 34.5 Å². The van der Waals surface area contributed by atoms with Gasteiger partial charge in [-0.2, -0.15) is 0 Å². The molecule has 3 aromatic rings. The van der Waals surface area contributed by atoms with Gasteiger partial charge in [-0.15, -0.1) is 0 Å². The molecule has 0 aliphatic carbocycles. The van der Waals surface area contributed by atoms with E-state index in [1.165, 1.54) is 6.20 Å². The van der Waals surface area contributed by atoms with Crippen LogP contribution in [0.3, 0.4) is 0 Å². The molecule has 2 N–H and O–H groups in total. The van der Waals surface area contributed by atoms with E-state index in [2.05, 4.69) is 10.3 Å². The monoisotopic (exact) mass is 442 g/mol. The second kappa shape index (κ2) is 8.74. The molecule has 7 heteroatoms. The third-order valence-electron chi connectivity index (χ3n) is 5.15. The fraction of sp³-hybridized carbons (Fsp3) is 0.217. The highest BCUT2D eigenvalue weighted by atomic mass is 35.5. The lowest BCUT2D eigenvalue weighted by Crippen LogP contribution is -2.40. The molecule has 2 heterocycles. The van der Waals surface area contributed by atoms with Gasteiger partial charge in [-0.1, -0.05) is 53.5 Å². The summed E-state index contributed by atoms with van der Waals surface area (Å²) in [6.07, 6.45) is 1.31. The fourth-order valence-electron chi connectivity index (χ4n) is 3.48. The van der Waals surface area contributed by atoms with Crippen molar-refractivity contribution in [3.05, 3.63) is 93.6 Å². The Balaban J connectivity index is 1.61. The smallest absolute Gasteiger partial charge is 0.214 e. The molecule has 5 nitrogen and oxygen atoms in total. The summed E-state index contributed by atoms with van der Waals surface area (Å²) in [5.74, 6) is -0.00476. The molecule has 0 spiro atoms. The Morgan fingerprint density at radius 2 is 1.87 bits per heavy atom. The Morgan fingerprint density at radius 3 is 2.50 bits per heavy atom. The number of nitrogens with one attached hydrogen (secondary N) is 1. The van der Waals surface area contributed by atoms with Crippen molar-refractivity contribution >= 4 is 29.0 Å². The first-order valence-corrected chi connectivity index (χ1v) is 10.3. The first-order chi connectivity index (χ1) is 14.5. The number of carbonyl (C=O) groups is 1. The van der Waals surface area contributed by atoms with Crippen LogP contribution in [0.1, 0.15) is 34.0 Å². The van der Waals surface area contributed by atoms with Crippen LogP contribution in [-0.2, 0) is 0 Å². The Hall–Kier alpha value is -2.44. The third-order valence-corrected chi connectivity index (χ3v) is 5.75. The largest absolute Gasteiger partial charge is 0.464 e. The zero-order chi connectivity index (χ0) is 21.1. The number of Topliss-reactive ketones (excluding diaryl/α,β-unsaturated/α-hetero) is 1. The van der Waals surface area contributed by atoms with Crippen molar-refractivity contribution in [1.29, 1.82) is 0 Å². The number of rotatable bonds is 6. The number of benzene rings is 2. The number of hydrogen-bond acceptors (Lipinski definition) is 5. The summed E-state index contributed by atoms with van der Waals surface area (Å²) in [5, 5.41) is 14.7. The van der Waals surface area contributed by atoms with E-state index < -0.39 is 11.7 Å². The van der Waals surface area contributed by atoms with Crippen molar-refractivity contribution in [3.8, 4) is 5.88 Å². The molecule has 2 atom stereocenters. The predicted octanol–water partition coefficient (Wildman–Crippen LogP) is 4.46. The molecular weight excluding hydrogens is 423 g/mol. The molecule has 4 rings (SSSR count). The number of ketones is 1. The molecule has 154 valence electrons. The second-order valence-electron chi connectivity index (χ2n) is 7.24. The van der Waals surface area contributed by atoms with Crippen molar-refractivity contribution in [2.45, 2.75) is 18.1 Å². The number of halogens is 2. The van der Waals surface area contributed by atoms with Crippen LogP contribution < -0.4 is 10.1 Å². The highest BCUT2D eigenvalue weighted by molar-refractivity contribution is 6.31. The molecule has 0 bridgehead atoms. The van der Waals surface area contributed by atoms with Crippen LogP contribution in [0.2, 0.25) is 10.0 Å². The number of hydrogen-bond donors (Lipinski definition) is 2. The van der Waals surface area contributed by atoms with E-state index in [4.69, 9.17) is 27.9 Å². The lowest BCUT2D eigenvalue weighted by Gasteiger charge is -2.21. The molecule has 2 aromatic carbocycles. The van der Waals surface area contributed by atoms with E-state index >= 15 is 0 Å². The molecule has 2 unspecified atom stereocenters. The number of nitrogens with zero attached hydrogens (tertiary/aromatic N) is 1. The zero-order valence-electron chi connectivity index (χ0n) is 16.0. The number of carbonyl (C=O) groups excluding carboxylic acids is 1. The highest BCUT2D eigenvalue weighted by Crippen LogP contribution is 2.33. The van der Waals surface area contributed by atoms with Crippen molar-refractivity contribution in [2.24, 2.45) is 0 Å². The summed E-state index contributed by atoms with van der Waals surface area (Å²) >= 11 is 12.4. The normalized spacial score (nSPS) is 19.4. The Bertz CT molecular complexity index is 1030. The maximum atomic E-state index is 12.6. The van der Waals surface area contributed by atoms with E-state index in [9.17, 15) is 9.90 Å². The summed E-state index contributed by atoms with van der Waals surface area (Å²) < 4.78 is 6.17. The standard InChI is InChI=1S/C23H20Cl2N2O3/c24-17-8-5-15(6-9-17)21(18-3-1-2-4-19(18)25)30-20-10-7-16(13-27-20)22(28)23(29)11-12-26-14-23/h1-10,13,21,26,29H,11-12,14H2. The minimum atomic E-state index is -1.38. The molecule has 1 saturated heterocycles. The average Bonchev–Trinajstić information content (AvgIpc) is 3.21. The van der Waals surface area contributed by atoms with E-state index in [0.717, 1.165) is 11.1 Å². The van der Waals surface area contributed by atoms with Gasteiger partial charge in [0.05, 0.1) is 0 Å². The quantitative estimate of drug-likeness (QED) is 0.551. The summed E-state index contributed by atoms with van der Waals surface area (Å²) in [4.78, 5) is 16.9. The van der Waals surface area contributed by atoms with Crippen LogP contribution in [0, 0.1) is 0 Å². The molecule has 1 aliphatic rings. The molecule has 30 heavy (non-hydrogen) atoms. The van der Waals surface area contributed by atoms with Gasteiger partial charge in [-0.25, -0.2) is 4.98 Å². The number of β-amino-alcohol motifs (C(OH)–C–C–N with tert-alkyl or cyclic N) is 1. The summed E-state index contributed by atoms with van der Waals surface area (Å²) in [7, 11) is 0. The van der Waals surface area contributed by atoms with Crippen molar-refractivity contribution in [2.75, 3.05) is 13.1 Å². The van der Waals surface area contributed by atoms with Gasteiger partial charge in [-0.3, -0.25) is 4.79 Å². The van der Waals surface area contributed by atoms with Crippen LogP contribution in [0.15, 0.2) is 66.9 Å². The summed E-state index contributed by atoms with van der Waals surface area (Å²) in [6.45, 7) is 0.854. The van der Waals surface area contributed by atoms with Crippen molar-refractivity contribution in [3.63, 3.8) is 0 Å². The van der Waals surface area contributed by atoms with Crippen LogP contribution in [0.4, 0.5) is 0 Å². The molecular formula is C23H20Cl2N2O3. The number of aromatic nitrogens is 1. The molecule has 0 saturated carbocycles. The van der Waals surface area contributed by atoms with Crippen LogP contribution >= 0.6 is 23.2 Å². The number of aliphatic hydroxyl groups is 1. The fourth-order valence-corrected chi connectivity index (χ4v) is 3.84. The minimum Gasteiger partial charge on any atom is -0.464 e. The minimum absolute atomic E-state index is 0.245. The SMILES string of the molecule is O=C(c1ccc(OC(c2ccc(Cl)cc2)c2ccccc2Cl)nc1)C1(O)CCNC1. The average molecular weight is 443 g/mol. The van der Waals surface area contributed by atoms with Gasteiger partial charge in [0, 0.05) is 40.0 Å². The topological polar surface area (TPSA) is 71.5 Å². The third kappa shape index (κ3) is 4.35. The van der Waals surface area contributed by atoms with E-state index in [1.54, 1.807) is 30.3 Å². The summed E-state index contributed by atoms with van der Waals surface area (Å²) in [6, 6.07) is 18.0. The first-order valence-electron chi connectivity index (χ1n) is 9.57. The van der Waals surface area contributed by atoms with Gasteiger partial charge in [0.15, 0.2) is 11.9 Å². The molecule has 1 fully saturated rings. The maximum Gasteiger partial charge on any atom is 0.214 e. The molecule has 1 aliphatic heterocycles. The van der Waals surface area contributed by atoms with Gasteiger partial charge in [0.1, 0.15) is 5.60 Å². The van der Waals surface area contributed by atoms with Gasteiger partial charge < -0.3 is 15.2 Å². The lowest BCUT2D eigenvalue weighted by atomic mass is 9.93. The zero-order valence-corrected chi connectivity index (χ0v) is 17.5. The molecule has 0 radical (unpaired) electrons. The molecule has 0 amide bonds.